The Hall–Kier alpha value is -1.59. The molecule has 1 aliphatic rings. The van der Waals surface area contributed by atoms with Gasteiger partial charge in [-0.2, -0.15) is 0 Å². The summed E-state index contributed by atoms with van der Waals surface area (Å²) < 4.78 is 5.56. The number of aliphatic hydroxyl groups excluding tert-OH is 1. The summed E-state index contributed by atoms with van der Waals surface area (Å²) in [6, 6.07) is 7.54. The van der Waals surface area contributed by atoms with E-state index in [0.717, 1.165) is 19.4 Å². The van der Waals surface area contributed by atoms with Gasteiger partial charge in [0.1, 0.15) is 5.75 Å². The highest BCUT2D eigenvalue weighted by atomic mass is 16.5. The predicted molar refractivity (Wildman–Crippen MR) is 91.7 cm³/mol. The van der Waals surface area contributed by atoms with Gasteiger partial charge in [-0.25, -0.2) is 0 Å². The lowest BCUT2D eigenvalue weighted by molar-refractivity contribution is -0.121. The number of amides is 1. The molecule has 1 amide bonds. The van der Waals surface area contributed by atoms with Gasteiger partial charge in [0.05, 0.1) is 24.4 Å². The van der Waals surface area contributed by atoms with E-state index in [2.05, 4.69) is 10.2 Å². The Morgan fingerprint density at radius 1 is 1.43 bits per heavy atom. The van der Waals surface area contributed by atoms with Crippen LogP contribution in [0.1, 0.15) is 40.0 Å². The van der Waals surface area contributed by atoms with Crippen molar-refractivity contribution in [2.45, 2.75) is 58.2 Å². The minimum Gasteiger partial charge on any atom is -0.492 e. The van der Waals surface area contributed by atoms with E-state index in [0.29, 0.717) is 24.5 Å². The number of carbonyl (C=O) groups is 1. The molecular formula is C18H28N2O3. The molecule has 0 spiro atoms. The number of hydrogen-bond acceptors (Lipinski definition) is 4. The van der Waals surface area contributed by atoms with Gasteiger partial charge < -0.3 is 15.2 Å². The van der Waals surface area contributed by atoms with Crippen molar-refractivity contribution >= 4 is 11.6 Å². The third-order valence-corrected chi connectivity index (χ3v) is 4.36. The fraction of sp³-hybridized carbons (Fsp3) is 0.611. The molecule has 1 aromatic rings. The maximum Gasteiger partial charge on any atom is 0.241 e. The van der Waals surface area contributed by atoms with Crippen molar-refractivity contribution in [2.24, 2.45) is 0 Å². The van der Waals surface area contributed by atoms with Crippen LogP contribution in [0.25, 0.3) is 0 Å². The third kappa shape index (κ3) is 4.69. The Balaban J connectivity index is 2.02. The lowest BCUT2D eigenvalue weighted by atomic mass is 10.1. The number of anilines is 1. The molecule has 1 aliphatic heterocycles. The van der Waals surface area contributed by atoms with E-state index in [-0.39, 0.29) is 24.1 Å². The van der Waals surface area contributed by atoms with Crippen LogP contribution in [0.3, 0.4) is 0 Å². The van der Waals surface area contributed by atoms with E-state index >= 15 is 0 Å². The molecule has 1 saturated heterocycles. The summed E-state index contributed by atoms with van der Waals surface area (Å²) in [5.41, 5.74) is 0.706. The van der Waals surface area contributed by atoms with E-state index in [9.17, 15) is 9.90 Å². The van der Waals surface area contributed by atoms with Crippen molar-refractivity contribution < 1.29 is 14.6 Å². The van der Waals surface area contributed by atoms with E-state index in [4.69, 9.17) is 4.74 Å². The van der Waals surface area contributed by atoms with Crippen LogP contribution < -0.4 is 10.1 Å². The number of para-hydroxylation sites is 2. The van der Waals surface area contributed by atoms with Gasteiger partial charge in [-0.15, -0.1) is 0 Å². The number of nitrogens with zero attached hydrogens (tertiary/aromatic N) is 1. The number of carbonyl (C=O) groups excluding carboxylic acids is 1. The van der Waals surface area contributed by atoms with Gasteiger partial charge in [-0.1, -0.05) is 12.1 Å². The Morgan fingerprint density at radius 2 is 2.17 bits per heavy atom. The van der Waals surface area contributed by atoms with E-state index in [1.807, 2.05) is 38.1 Å². The highest BCUT2D eigenvalue weighted by Crippen LogP contribution is 2.27. The quantitative estimate of drug-likeness (QED) is 0.811. The smallest absolute Gasteiger partial charge is 0.241 e. The molecule has 1 fully saturated rings. The molecule has 3 unspecified atom stereocenters. The molecule has 5 heteroatoms. The summed E-state index contributed by atoms with van der Waals surface area (Å²) in [6.07, 6.45) is 2.49. The van der Waals surface area contributed by atoms with Gasteiger partial charge in [0, 0.05) is 6.04 Å². The Bertz CT molecular complexity index is 519. The Labute approximate surface area is 138 Å². The molecular weight excluding hydrogens is 292 g/mol. The second-order valence-corrected chi connectivity index (χ2v) is 6.21. The second kappa shape index (κ2) is 8.31. The average Bonchev–Trinajstić information content (AvgIpc) is 2.96. The normalized spacial score (nSPS) is 21.0. The Morgan fingerprint density at radius 3 is 2.87 bits per heavy atom. The maximum absolute atomic E-state index is 12.6. The average molecular weight is 320 g/mol. The number of rotatable bonds is 7. The highest BCUT2D eigenvalue weighted by molar-refractivity contribution is 5.95. The van der Waals surface area contributed by atoms with Crippen LogP contribution in [-0.2, 0) is 4.79 Å². The van der Waals surface area contributed by atoms with Crippen molar-refractivity contribution in [2.75, 3.05) is 18.5 Å². The SMILES string of the molecule is CCOc1ccccc1NC(=O)C(C)N1CCCC1CC(C)O. The number of benzene rings is 1. The van der Waals surface area contributed by atoms with Crippen LogP contribution in [-0.4, -0.2) is 47.3 Å². The molecule has 0 bridgehead atoms. The summed E-state index contributed by atoms with van der Waals surface area (Å²) in [5.74, 6) is 0.659. The first-order chi connectivity index (χ1) is 11.0. The van der Waals surface area contributed by atoms with Crippen molar-refractivity contribution in [3.05, 3.63) is 24.3 Å². The van der Waals surface area contributed by atoms with Gasteiger partial charge in [0.2, 0.25) is 5.91 Å². The van der Waals surface area contributed by atoms with E-state index in [1.165, 1.54) is 0 Å². The third-order valence-electron chi connectivity index (χ3n) is 4.36. The van der Waals surface area contributed by atoms with Crippen LogP contribution in [0.2, 0.25) is 0 Å². The molecule has 2 rings (SSSR count). The summed E-state index contributed by atoms with van der Waals surface area (Å²) in [7, 11) is 0. The van der Waals surface area contributed by atoms with Gasteiger partial charge >= 0.3 is 0 Å². The fourth-order valence-corrected chi connectivity index (χ4v) is 3.25. The van der Waals surface area contributed by atoms with Crippen LogP contribution in [0, 0.1) is 0 Å². The molecule has 3 atom stereocenters. The summed E-state index contributed by atoms with van der Waals surface area (Å²) in [4.78, 5) is 14.8. The number of nitrogens with one attached hydrogen (secondary N) is 1. The standard InChI is InChI=1S/C18H28N2O3/c1-4-23-17-10-6-5-9-16(17)19-18(22)14(3)20-11-7-8-15(20)12-13(2)21/h5-6,9-10,13-15,21H,4,7-8,11-12H2,1-3H3,(H,19,22). The molecule has 0 saturated carbocycles. The first-order valence-corrected chi connectivity index (χ1v) is 8.49. The van der Waals surface area contributed by atoms with Gasteiger partial charge in [0.25, 0.3) is 0 Å². The minimum atomic E-state index is -0.338. The van der Waals surface area contributed by atoms with Crippen molar-refractivity contribution in [1.29, 1.82) is 0 Å². The molecule has 2 N–H and O–H groups in total. The zero-order valence-corrected chi connectivity index (χ0v) is 14.3. The summed E-state index contributed by atoms with van der Waals surface area (Å²) in [5, 5.41) is 12.6. The first kappa shape index (κ1) is 17.8. The highest BCUT2D eigenvalue weighted by Gasteiger charge is 2.32. The molecule has 1 aromatic carbocycles. The topological polar surface area (TPSA) is 61.8 Å². The van der Waals surface area contributed by atoms with E-state index in [1.54, 1.807) is 6.92 Å². The first-order valence-electron chi connectivity index (χ1n) is 8.49. The number of likely N-dealkylation sites (tertiary alicyclic amines) is 1. The molecule has 0 aromatic heterocycles. The Kier molecular flexibility index (Phi) is 6.42. The van der Waals surface area contributed by atoms with E-state index < -0.39 is 0 Å². The van der Waals surface area contributed by atoms with Crippen molar-refractivity contribution in [3.63, 3.8) is 0 Å². The molecule has 5 nitrogen and oxygen atoms in total. The summed E-state index contributed by atoms with van der Waals surface area (Å²) >= 11 is 0. The fourth-order valence-electron chi connectivity index (χ4n) is 3.25. The second-order valence-electron chi connectivity index (χ2n) is 6.21. The minimum absolute atomic E-state index is 0.0327. The molecule has 23 heavy (non-hydrogen) atoms. The lowest BCUT2D eigenvalue weighted by Gasteiger charge is -2.30. The number of ether oxygens (including phenoxy) is 1. The molecule has 0 aliphatic carbocycles. The van der Waals surface area contributed by atoms with Gasteiger partial charge in [0.15, 0.2) is 0 Å². The monoisotopic (exact) mass is 320 g/mol. The molecule has 128 valence electrons. The summed E-state index contributed by atoms with van der Waals surface area (Å²) in [6.45, 7) is 7.12. The zero-order valence-electron chi connectivity index (χ0n) is 14.3. The predicted octanol–water partition coefficient (Wildman–Crippen LogP) is 2.65. The van der Waals surface area contributed by atoms with Crippen LogP contribution >= 0.6 is 0 Å². The van der Waals surface area contributed by atoms with Crippen LogP contribution in [0.15, 0.2) is 24.3 Å². The lowest BCUT2D eigenvalue weighted by Crippen LogP contribution is -2.45. The van der Waals surface area contributed by atoms with Gasteiger partial charge in [-0.05, 0) is 58.7 Å². The number of hydrogen-bond donors (Lipinski definition) is 2. The molecule has 0 radical (unpaired) electrons. The largest absolute Gasteiger partial charge is 0.492 e. The van der Waals surface area contributed by atoms with Crippen molar-refractivity contribution in [1.82, 2.24) is 4.90 Å². The van der Waals surface area contributed by atoms with Crippen LogP contribution in [0.5, 0.6) is 5.75 Å². The van der Waals surface area contributed by atoms with Crippen molar-refractivity contribution in [3.8, 4) is 5.75 Å². The maximum atomic E-state index is 12.6. The number of aliphatic hydroxyl groups is 1. The van der Waals surface area contributed by atoms with Gasteiger partial charge in [-0.3, -0.25) is 9.69 Å². The zero-order chi connectivity index (χ0) is 16.8. The molecule has 1 heterocycles. The van der Waals surface area contributed by atoms with Crippen LogP contribution in [0.4, 0.5) is 5.69 Å².